The predicted octanol–water partition coefficient (Wildman–Crippen LogP) is 2.00. The lowest BCUT2D eigenvalue weighted by molar-refractivity contribution is -0.188. The molecule has 0 aromatic heterocycles. The number of nitrogens with one attached hydrogen (secondary N) is 1. The van der Waals surface area contributed by atoms with E-state index in [1.807, 2.05) is 30.3 Å². The maximum absolute atomic E-state index is 13.5. The summed E-state index contributed by atoms with van der Waals surface area (Å²) in [5.74, 6) is -1.03. The van der Waals surface area contributed by atoms with Gasteiger partial charge in [0.2, 0.25) is 17.1 Å². The first kappa shape index (κ1) is 22.5. The molecule has 7 nitrogen and oxygen atoms in total. The van der Waals surface area contributed by atoms with E-state index in [0.29, 0.717) is 5.56 Å². The summed E-state index contributed by atoms with van der Waals surface area (Å²) in [7, 11) is 1.32. The molecule has 0 saturated carbocycles. The standard InChI is InChI=1S/C22H25NO6S/c1-27-22(18(25)17-11-7-4-8-12-17)19(28-13-16-9-5-3-6-10-16)21(14-24,20(26)23-22)29-15-30-2/h3-12,19,24H,13-15H2,1-2H3,(H,23,26)/t19?,21-,22-/m1/s1. The van der Waals surface area contributed by atoms with E-state index in [9.17, 15) is 14.7 Å². The number of hydrogen-bond donors (Lipinski definition) is 2. The number of carbonyl (C=O) groups is 2. The van der Waals surface area contributed by atoms with Gasteiger partial charge in [0.25, 0.3) is 5.91 Å². The summed E-state index contributed by atoms with van der Waals surface area (Å²) in [4.78, 5) is 26.5. The van der Waals surface area contributed by atoms with Crippen LogP contribution in [-0.4, -0.2) is 60.1 Å². The number of thioether (sulfide) groups is 1. The van der Waals surface area contributed by atoms with Gasteiger partial charge in [0.05, 0.1) is 19.2 Å². The number of aliphatic hydroxyl groups excluding tert-OH is 1. The van der Waals surface area contributed by atoms with Crippen LogP contribution in [0.1, 0.15) is 15.9 Å². The van der Waals surface area contributed by atoms with Crippen LogP contribution in [-0.2, 0) is 25.6 Å². The van der Waals surface area contributed by atoms with Crippen molar-refractivity contribution in [3.8, 4) is 0 Å². The van der Waals surface area contributed by atoms with Crippen LogP contribution in [0.5, 0.6) is 0 Å². The van der Waals surface area contributed by atoms with E-state index >= 15 is 0 Å². The maximum atomic E-state index is 13.5. The molecule has 30 heavy (non-hydrogen) atoms. The fourth-order valence-electron chi connectivity index (χ4n) is 3.53. The van der Waals surface area contributed by atoms with Gasteiger partial charge in [-0.1, -0.05) is 60.7 Å². The first-order valence-electron chi connectivity index (χ1n) is 9.41. The van der Waals surface area contributed by atoms with Gasteiger partial charge in [-0.2, -0.15) is 0 Å². The molecular formula is C22H25NO6S. The highest BCUT2D eigenvalue weighted by atomic mass is 32.2. The molecule has 1 amide bonds. The van der Waals surface area contributed by atoms with Crippen LogP contribution in [0.4, 0.5) is 0 Å². The van der Waals surface area contributed by atoms with Crippen LogP contribution < -0.4 is 5.32 Å². The maximum Gasteiger partial charge on any atom is 0.260 e. The van der Waals surface area contributed by atoms with E-state index in [4.69, 9.17) is 14.2 Å². The number of hydrogen-bond acceptors (Lipinski definition) is 7. The lowest BCUT2D eigenvalue weighted by atomic mass is 9.88. The van der Waals surface area contributed by atoms with Crippen LogP contribution in [0.3, 0.4) is 0 Å². The zero-order valence-electron chi connectivity index (χ0n) is 16.9. The number of amides is 1. The molecule has 0 spiro atoms. The van der Waals surface area contributed by atoms with Gasteiger partial charge in [0.15, 0.2) is 6.10 Å². The number of rotatable bonds is 10. The Kier molecular flexibility index (Phi) is 7.27. The third kappa shape index (κ3) is 4.01. The Morgan fingerprint density at radius 2 is 1.77 bits per heavy atom. The zero-order valence-corrected chi connectivity index (χ0v) is 17.7. The highest BCUT2D eigenvalue weighted by Crippen LogP contribution is 2.38. The predicted molar refractivity (Wildman–Crippen MR) is 113 cm³/mol. The summed E-state index contributed by atoms with van der Waals surface area (Å²) in [6.07, 6.45) is 0.573. The lowest BCUT2D eigenvalue weighted by Gasteiger charge is -2.37. The van der Waals surface area contributed by atoms with Crippen molar-refractivity contribution in [2.45, 2.75) is 24.0 Å². The zero-order chi connectivity index (χ0) is 21.6. The molecule has 0 aliphatic carbocycles. The molecule has 2 aromatic rings. The van der Waals surface area contributed by atoms with Crippen LogP contribution >= 0.6 is 11.8 Å². The molecule has 0 bridgehead atoms. The SMILES string of the molecule is CO[C@@]1(C(=O)c2ccccc2)NC(=O)[C@](CO)(OCSC)C1OCc1ccccc1. The third-order valence-corrected chi connectivity index (χ3v) is 5.45. The summed E-state index contributed by atoms with van der Waals surface area (Å²) in [5.41, 5.74) is -2.47. The molecule has 1 aliphatic rings. The number of ketones is 1. The van der Waals surface area contributed by atoms with E-state index in [1.54, 1.807) is 36.6 Å². The Hall–Kier alpha value is -2.23. The molecule has 1 heterocycles. The second kappa shape index (κ2) is 9.72. The molecule has 0 radical (unpaired) electrons. The van der Waals surface area contributed by atoms with Crippen molar-refractivity contribution >= 4 is 23.5 Å². The summed E-state index contributed by atoms with van der Waals surface area (Å²) in [6, 6.07) is 17.8. The summed E-state index contributed by atoms with van der Waals surface area (Å²) in [5, 5.41) is 12.8. The minimum absolute atomic E-state index is 0.0953. The van der Waals surface area contributed by atoms with Crippen LogP contribution in [0.15, 0.2) is 60.7 Å². The quantitative estimate of drug-likeness (QED) is 0.439. The molecule has 2 N–H and O–H groups in total. The van der Waals surface area contributed by atoms with Crippen molar-refractivity contribution in [3.05, 3.63) is 71.8 Å². The molecule has 160 valence electrons. The first-order valence-corrected chi connectivity index (χ1v) is 10.8. The fourth-order valence-corrected chi connectivity index (χ4v) is 3.86. The van der Waals surface area contributed by atoms with Gasteiger partial charge in [-0.05, 0) is 11.8 Å². The van der Waals surface area contributed by atoms with E-state index in [0.717, 1.165) is 5.56 Å². The van der Waals surface area contributed by atoms with Crippen molar-refractivity contribution < 1.29 is 28.9 Å². The van der Waals surface area contributed by atoms with E-state index in [-0.39, 0.29) is 12.5 Å². The number of carbonyl (C=O) groups excluding carboxylic acids is 2. The molecule has 3 rings (SSSR count). The van der Waals surface area contributed by atoms with Crippen molar-refractivity contribution in [1.82, 2.24) is 5.32 Å². The molecule has 8 heteroatoms. The second-order valence-electron chi connectivity index (χ2n) is 6.86. The van der Waals surface area contributed by atoms with Crippen molar-refractivity contribution in [1.29, 1.82) is 0 Å². The Morgan fingerprint density at radius 1 is 1.13 bits per heavy atom. The van der Waals surface area contributed by atoms with Crippen LogP contribution in [0, 0.1) is 0 Å². The number of ether oxygens (including phenoxy) is 3. The Labute approximate surface area is 179 Å². The minimum Gasteiger partial charge on any atom is -0.393 e. The summed E-state index contributed by atoms with van der Waals surface area (Å²) >= 11 is 1.34. The molecule has 3 atom stereocenters. The summed E-state index contributed by atoms with van der Waals surface area (Å²) < 4.78 is 17.5. The van der Waals surface area contributed by atoms with Gasteiger partial charge in [0, 0.05) is 12.7 Å². The Bertz CT molecular complexity index is 864. The third-order valence-electron chi connectivity index (χ3n) is 5.10. The topological polar surface area (TPSA) is 94.1 Å². The van der Waals surface area contributed by atoms with E-state index < -0.39 is 35.7 Å². The highest BCUT2D eigenvalue weighted by Gasteiger charge is 2.68. The van der Waals surface area contributed by atoms with Crippen LogP contribution in [0.2, 0.25) is 0 Å². The number of methoxy groups -OCH3 is 1. The van der Waals surface area contributed by atoms with Crippen molar-refractivity contribution in [3.63, 3.8) is 0 Å². The Morgan fingerprint density at radius 3 is 2.33 bits per heavy atom. The normalized spacial score (nSPS) is 25.8. The molecule has 1 aliphatic heterocycles. The van der Waals surface area contributed by atoms with Gasteiger partial charge in [0.1, 0.15) is 0 Å². The molecule has 1 unspecified atom stereocenters. The van der Waals surface area contributed by atoms with Crippen molar-refractivity contribution in [2.24, 2.45) is 0 Å². The fraction of sp³-hybridized carbons (Fsp3) is 0.364. The van der Waals surface area contributed by atoms with E-state index in [1.165, 1.54) is 18.9 Å². The average molecular weight is 432 g/mol. The minimum atomic E-state index is -1.85. The number of Topliss-reactive ketones (excluding diaryl/α,β-unsaturated/α-hetero) is 1. The molecule has 1 fully saturated rings. The molecular weight excluding hydrogens is 406 g/mol. The lowest BCUT2D eigenvalue weighted by Crippen LogP contribution is -2.61. The van der Waals surface area contributed by atoms with Crippen molar-refractivity contribution in [2.75, 3.05) is 25.9 Å². The summed E-state index contributed by atoms with van der Waals surface area (Å²) in [6.45, 7) is -0.579. The first-order chi connectivity index (χ1) is 14.5. The smallest absolute Gasteiger partial charge is 0.260 e. The van der Waals surface area contributed by atoms with E-state index in [2.05, 4.69) is 5.32 Å². The monoisotopic (exact) mass is 431 g/mol. The second-order valence-corrected chi connectivity index (χ2v) is 7.68. The largest absolute Gasteiger partial charge is 0.393 e. The average Bonchev–Trinajstić information content (AvgIpc) is 3.05. The van der Waals surface area contributed by atoms with Gasteiger partial charge >= 0.3 is 0 Å². The van der Waals surface area contributed by atoms with Gasteiger partial charge in [-0.3, -0.25) is 9.59 Å². The van der Waals surface area contributed by atoms with Gasteiger partial charge in [-0.15, -0.1) is 11.8 Å². The molecule has 1 saturated heterocycles. The van der Waals surface area contributed by atoms with Crippen LogP contribution in [0.25, 0.3) is 0 Å². The van der Waals surface area contributed by atoms with Gasteiger partial charge in [-0.25, -0.2) is 0 Å². The Balaban J connectivity index is 2.04. The number of aliphatic hydroxyl groups is 1. The molecule has 2 aromatic carbocycles. The van der Waals surface area contributed by atoms with Gasteiger partial charge < -0.3 is 24.6 Å². The number of benzene rings is 2. The highest BCUT2D eigenvalue weighted by molar-refractivity contribution is 7.98.